The minimum absolute atomic E-state index is 0.154. The van der Waals surface area contributed by atoms with E-state index < -0.39 is 32.4 Å². The molecule has 0 saturated carbocycles. The van der Waals surface area contributed by atoms with Gasteiger partial charge in [-0.2, -0.15) is 0 Å². The van der Waals surface area contributed by atoms with Gasteiger partial charge in [-0.25, -0.2) is 26.3 Å². The van der Waals surface area contributed by atoms with E-state index in [1.54, 1.807) is 0 Å². The van der Waals surface area contributed by atoms with Crippen molar-refractivity contribution in [3.8, 4) is 0 Å². The summed E-state index contributed by atoms with van der Waals surface area (Å²) >= 11 is 0. The molecule has 0 spiro atoms. The molecule has 0 unspecified atom stereocenters. The van der Waals surface area contributed by atoms with E-state index in [0.717, 1.165) is 12.1 Å². The Morgan fingerprint density at radius 3 is 2.15 bits per heavy atom. The highest BCUT2D eigenvalue weighted by atomic mass is 32.2. The monoisotopic (exact) mass is 301 g/mol. The van der Waals surface area contributed by atoms with E-state index in [9.17, 15) is 21.6 Å². The van der Waals surface area contributed by atoms with E-state index in [4.69, 9.17) is 0 Å². The van der Waals surface area contributed by atoms with Gasteiger partial charge in [0.25, 0.3) is 0 Å². The lowest BCUT2D eigenvalue weighted by Gasteiger charge is -2.08. The van der Waals surface area contributed by atoms with Crippen LogP contribution in [0.3, 0.4) is 0 Å². The maximum absolute atomic E-state index is 13.4. The molecule has 2 aromatic rings. The summed E-state index contributed by atoms with van der Waals surface area (Å²) in [5.74, 6) is -2.35. The summed E-state index contributed by atoms with van der Waals surface area (Å²) in [5, 5.41) is 0. The van der Waals surface area contributed by atoms with Crippen LogP contribution in [0, 0.1) is 17.5 Å². The van der Waals surface area contributed by atoms with Crippen LogP contribution in [0.1, 0.15) is 5.56 Å². The predicted molar refractivity (Wildman–Crippen MR) is 66.8 cm³/mol. The van der Waals surface area contributed by atoms with Crippen molar-refractivity contribution in [2.45, 2.75) is 11.4 Å². The molecule has 3 nitrogen and oxygen atoms in total. The lowest BCUT2D eigenvalue weighted by molar-refractivity contribution is 0.545. The van der Waals surface area contributed by atoms with Crippen LogP contribution in [0.2, 0.25) is 0 Å². The zero-order valence-corrected chi connectivity index (χ0v) is 10.9. The van der Waals surface area contributed by atoms with Crippen molar-refractivity contribution < 1.29 is 21.6 Å². The smallest absolute Gasteiger partial charge is 0.207 e. The summed E-state index contributed by atoms with van der Waals surface area (Å²) in [5.41, 5.74) is 0.492. The molecule has 0 heterocycles. The molecule has 0 atom stereocenters. The number of hydrogen-bond donors (Lipinski definition) is 1. The first-order valence-electron chi connectivity index (χ1n) is 5.58. The Kier molecular flexibility index (Phi) is 4.10. The maximum Gasteiger partial charge on any atom is 0.243 e. The largest absolute Gasteiger partial charge is 0.243 e. The molecule has 1 N–H and O–H groups in total. The molecule has 0 aliphatic carbocycles. The molecular formula is C13H10F3NO2S. The lowest BCUT2D eigenvalue weighted by atomic mass is 10.2. The molecule has 2 rings (SSSR count). The number of sulfonamides is 1. The number of halogens is 3. The fraction of sp³-hybridized carbons (Fsp3) is 0.0769. The van der Waals surface area contributed by atoms with Gasteiger partial charge in [0, 0.05) is 6.54 Å². The van der Waals surface area contributed by atoms with Crippen LogP contribution in [0.15, 0.2) is 47.4 Å². The van der Waals surface area contributed by atoms with Gasteiger partial charge in [-0.1, -0.05) is 12.1 Å². The number of rotatable bonds is 4. The number of benzene rings is 2. The van der Waals surface area contributed by atoms with Gasteiger partial charge in [-0.05, 0) is 35.9 Å². The summed E-state index contributed by atoms with van der Waals surface area (Å²) in [6.07, 6.45) is 0. The Balaban J connectivity index is 2.19. The van der Waals surface area contributed by atoms with Gasteiger partial charge in [-0.3, -0.25) is 0 Å². The highest BCUT2D eigenvalue weighted by molar-refractivity contribution is 7.89. The van der Waals surface area contributed by atoms with Gasteiger partial charge in [0.05, 0.1) is 0 Å². The molecule has 0 aliphatic rings. The third-order valence-corrected chi connectivity index (χ3v) is 3.98. The summed E-state index contributed by atoms with van der Waals surface area (Å²) in [6.45, 7) is -0.154. The van der Waals surface area contributed by atoms with Gasteiger partial charge in [0.2, 0.25) is 10.0 Å². The van der Waals surface area contributed by atoms with Crippen LogP contribution in [0.4, 0.5) is 13.2 Å². The molecule has 0 radical (unpaired) electrons. The first-order chi connectivity index (χ1) is 9.38. The topological polar surface area (TPSA) is 46.2 Å². The summed E-state index contributed by atoms with van der Waals surface area (Å²) < 4.78 is 64.9. The van der Waals surface area contributed by atoms with Crippen LogP contribution >= 0.6 is 0 Å². The molecule has 20 heavy (non-hydrogen) atoms. The third-order valence-electron chi connectivity index (χ3n) is 2.56. The second-order valence-corrected chi connectivity index (χ2v) is 5.76. The maximum atomic E-state index is 13.4. The summed E-state index contributed by atoms with van der Waals surface area (Å²) in [7, 11) is -4.18. The molecule has 106 valence electrons. The van der Waals surface area contributed by atoms with Gasteiger partial charge in [0.15, 0.2) is 0 Å². The second kappa shape index (κ2) is 5.64. The number of hydrogen-bond acceptors (Lipinski definition) is 2. The average molecular weight is 301 g/mol. The van der Waals surface area contributed by atoms with Gasteiger partial charge >= 0.3 is 0 Å². The van der Waals surface area contributed by atoms with Crippen molar-refractivity contribution in [3.63, 3.8) is 0 Å². The van der Waals surface area contributed by atoms with E-state index in [2.05, 4.69) is 4.72 Å². The summed E-state index contributed by atoms with van der Waals surface area (Å²) in [6, 6.07) is 7.29. The molecule has 2 aromatic carbocycles. The van der Waals surface area contributed by atoms with Crippen molar-refractivity contribution in [1.29, 1.82) is 0 Å². The van der Waals surface area contributed by atoms with E-state index in [1.165, 1.54) is 24.3 Å². The first-order valence-corrected chi connectivity index (χ1v) is 7.06. The Labute approximate surface area is 114 Å². The predicted octanol–water partition coefficient (Wildman–Crippen LogP) is 2.58. The van der Waals surface area contributed by atoms with Crippen LogP contribution < -0.4 is 4.72 Å². The summed E-state index contributed by atoms with van der Waals surface area (Å²) in [4.78, 5) is -0.764. The SMILES string of the molecule is O=S(=O)(NCc1ccc(F)cc1)c1cc(F)ccc1F. The van der Waals surface area contributed by atoms with Crippen molar-refractivity contribution in [2.24, 2.45) is 0 Å². The highest BCUT2D eigenvalue weighted by Gasteiger charge is 2.19. The fourth-order valence-electron chi connectivity index (χ4n) is 1.54. The van der Waals surface area contributed by atoms with E-state index in [-0.39, 0.29) is 6.54 Å². The molecule has 0 saturated heterocycles. The van der Waals surface area contributed by atoms with Crippen molar-refractivity contribution in [1.82, 2.24) is 4.72 Å². The minimum Gasteiger partial charge on any atom is -0.207 e. The normalized spacial score (nSPS) is 11.6. The van der Waals surface area contributed by atoms with E-state index >= 15 is 0 Å². The lowest BCUT2D eigenvalue weighted by Crippen LogP contribution is -2.24. The van der Waals surface area contributed by atoms with Crippen LogP contribution in [0.25, 0.3) is 0 Å². The molecule has 0 amide bonds. The average Bonchev–Trinajstić information content (AvgIpc) is 2.41. The number of nitrogens with one attached hydrogen (secondary N) is 1. The second-order valence-electron chi connectivity index (χ2n) is 4.03. The molecule has 0 aromatic heterocycles. The Hall–Kier alpha value is -1.86. The molecule has 0 aliphatic heterocycles. The quantitative estimate of drug-likeness (QED) is 0.943. The highest BCUT2D eigenvalue weighted by Crippen LogP contribution is 2.16. The molecule has 0 fully saturated rings. The first kappa shape index (κ1) is 14.5. The third kappa shape index (κ3) is 3.37. The fourth-order valence-corrected chi connectivity index (χ4v) is 2.65. The Bertz CT molecular complexity index is 715. The molecule has 0 bridgehead atoms. The zero-order chi connectivity index (χ0) is 14.8. The standard InChI is InChI=1S/C13H10F3NO2S/c14-10-3-1-9(2-4-10)8-17-20(18,19)13-7-11(15)5-6-12(13)16/h1-7,17H,8H2. The molecular weight excluding hydrogens is 291 g/mol. The van der Waals surface area contributed by atoms with Crippen LogP contribution in [-0.2, 0) is 16.6 Å². The van der Waals surface area contributed by atoms with Crippen molar-refractivity contribution >= 4 is 10.0 Å². The van der Waals surface area contributed by atoms with Gasteiger partial charge in [0.1, 0.15) is 22.3 Å². The zero-order valence-electron chi connectivity index (χ0n) is 10.1. The van der Waals surface area contributed by atoms with Crippen molar-refractivity contribution in [3.05, 3.63) is 65.5 Å². The van der Waals surface area contributed by atoms with Gasteiger partial charge in [-0.15, -0.1) is 0 Å². The Morgan fingerprint density at radius 1 is 0.900 bits per heavy atom. The van der Waals surface area contributed by atoms with E-state index in [1.807, 2.05) is 0 Å². The van der Waals surface area contributed by atoms with Crippen molar-refractivity contribution in [2.75, 3.05) is 0 Å². The van der Waals surface area contributed by atoms with E-state index in [0.29, 0.717) is 11.6 Å². The molecule has 7 heteroatoms. The van der Waals surface area contributed by atoms with Gasteiger partial charge < -0.3 is 0 Å². The Morgan fingerprint density at radius 2 is 1.50 bits per heavy atom. The minimum atomic E-state index is -4.18. The van der Waals surface area contributed by atoms with Crippen LogP contribution in [0.5, 0.6) is 0 Å². The van der Waals surface area contributed by atoms with Crippen LogP contribution in [-0.4, -0.2) is 8.42 Å².